The van der Waals surface area contributed by atoms with Gasteiger partial charge in [-0.3, -0.25) is 9.78 Å². The number of unbranched alkanes of at least 4 members (excludes halogenated alkanes) is 1. The average molecular weight is 672 g/mol. The van der Waals surface area contributed by atoms with Crippen LogP contribution in [0, 0.1) is 6.92 Å². The Balaban J connectivity index is 1.17. The van der Waals surface area contributed by atoms with E-state index in [1.807, 2.05) is 17.3 Å². The third-order valence-electron chi connectivity index (χ3n) is 10.2. The molecular formula is C41H57N3O5. The van der Waals surface area contributed by atoms with E-state index in [2.05, 4.69) is 72.7 Å². The van der Waals surface area contributed by atoms with Crippen molar-refractivity contribution in [2.24, 2.45) is 0 Å². The summed E-state index contributed by atoms with van der Waals surface area (Å²) in [5, 5.41) is 22.7. The van der Waals surface area contributed by atoms with Gasteiger partial charge in [0, 0.05) is 63.3 Å². The van der Waals surface area contributed by atoms with Crippen molar-refractivity contribution in [2.45, 2.75) is 115 Å². The first kappa shape index (κ1) is 37.0. The minimum Gasteiger partial charge on any atom is -0.490 e. The van der Waals surface area contributed by atoms with E-state index in [4.69, 9.17) is 14.6 Å². The molecule has 2 saturated carbocycles. The summed E-state index contributed by atoms with van der Waals surface area (Å²) in [6, 6.07) is 17.4. The number of aromatic nitrogens is 1. The Kier molecular flexibility index (Phi) is 13.6. The topological polar surface area (TPSA) is 104 Å². The number of nitrogens with one attached hydrogen (secondary N) is 1. The van der Waals surface area contributed by atoms with Crippen molar-refractivity contribution in [3.8, 4) is 16.9 Å². The molecule has 3 aromatic rings. The Hall–Kier alpha value is -3.30. The number of carbonyl (C=O) groups excluding carboxylic acids is 1. The van der Waals surface area contributed by atoms with Gasteiger partial charge in [-0.15, -0.1) is 0 Å². The molecule has 0 spiro atoms. The lowest BCUT2D eigenvalue weighted by Crippen LogP contribution is -2.33. The maximum absolute atomic E-state index is 13.2. The number of hydrogen-bond donors (Lipinski definition) is 3. The minimum atomic E-state index is -0.680. The quantitative estimate of drug-likeness (QED) is 0.0985. The summed E-state index contributed by atoms with van der Waals surface area (Å²) >= 11 is 0. The Labute approximate surface area is 293 Å². The first-order chi connectivity index (χ1) is 23.8. The van der Waals surface area contributed by atoms with Crippen LogP contribution in [0.2, 0.25) is 0 Å². The highest BCUT2D eigenvalue weighted by atomic mass is 16.5. The van der Waals surface area contributed by atoms with E-state index in [0.717, 1.165) is 75.6 Å². The highest BCUT2D eigenvalue weighted by Crippen LogP contribution is 2.50. The molecule has 8 heteroatoms. The van der Waals surface area contributed by atoms with Crippen molar-refractivity contribution < 1.29 is 24.5 Å². The Morgan fingerprint density at radius 3 is 2.59 bits per heavy atom. The van der Waals surface area contributed by atoms with Crippen LogP contribution in [0.25, 0.3) is 11.1 Å². The van der Waals surface area contributed by atoms with Gasteiger partial charge in [0.1, 0.15) is 5.75 Å². The molecule has 1 heterocycles. The molecule has 2 aliphatic rings. The van der Waals surface area contributed by atoms with Gasteiger partial charge >= 0.3 is 0 Å². The predicted octanol–water partition coefficient (Wildman–Crippen LogP) is 7.04. The number of ether oxygens (including phenoxy) is 2. The number of amides is 1. The standard InChI is InChI=1S/C41H57N3O5/c1-30(10-8-14-40(47)44(24-9-25-48-3)23-7-6-11-34(46)29-45)32-16-15-31(2)33(26-32)27-43-41(20-21-41)38-28-42-22-19-36(38)37-12-4-5-13-39(37)49-35-17-18-35/h4-5,12-13,15-16,19,22,26,28,30,34-35,43,45-46H,6-11,14,17-18,20-21,23-25,27,29H2,1-3H3. The zero-order valence-corrected chi connectivity index (χ0v) is 29.8. The highest BCUT2D eigenvalue weighted by Gasteiger charge is 2.46. The number of methoxy groups -OCH3 is 1. The summed E-state index contributed by atoms with van der Waals surface area (Å²) in [4.78, 5) is 19.7. The fourth-order valence-electron chi connectivity index (χ4n) is 6.71. The van der Waals surface area contributed by atoms with Crippen molar-refractivity contribution in [2.75, 3.05) is 33.4 Å². The van der Waals surface area contributed by atoms with E-state index in [0.29, 0.717) is 44.6 Å². The summed E-state index contributed by atoms with van der Waals surface area (Å²) in [6.07, 6.45) is 13.3. The zero-order chi connectivity index (χ0) is 34.6. The normalized spacial score (nSPS) is 16.3. The Bertz CT molecular complexity index is 1490. The molecule has 49 heavy (non-hydrogen) atoms. The maximum Gasteiger partial charge on any atom is 0.222 e. The van der Waals surface area contributed by atoms with Crippen LogP contribution in [0.15, 0.2) is 60.9 Å². The average Bonchev–Trinajstić information content (AvgIpc) is 4.06. The summed E-state index contributed by atoms with van der Waals surface area (Å²) in [5.74, 6) is 1.49. The Morgan fingerprint density at radius 2 is 1.84 bits per heavy atom. The number of aliphatic hydroxyl groups is 2. The molecule has 2 fully saturated rings. The first-order valence-electron chi connectivity index (χ1n) is 18.4. The summed E-state index contributed by atoms with van der Waals surface area (Å²) in [7, 11) is 1.68. The molecule has 2 unspecified atom stereocenters. The fourth-order valence-corrected chi connectivity index (χ4v) is 6.71. The van der Waals surface area contributed by atoms with Gasteiger partial charge in [0.15, 0.2) is 0 Å². The van der Waals surface area contributed by atoms with Crippen molar-refractivity contribution in [3.63, 3.8) is 0 Å². The van der Waals surface area contributed by atoms with E-state index in [9.17, 15) is 9.90 Å². The monoisotopic (exact) mass is 671 g/mol. The predicted molar refractivity (Wildman–Crippen MR) is 195 cm³/mol. The number of pyridine rings is 1. The van der Waals surface area contributed by atoms with Crippen molar-refractivity contribution in [1.82, 2.24) is 15.2 Å². The molecule has 0 saturated heterocycles. The molecule has 1 amide bonds. The van der Waals surface area contributed by atoms with Gasteiger partial charge in [-0.25, -0.2) is 0 Å². The van der Waals surface area contributed by atoms with E-state index in [1.54, 1.807) is 7.11 Å². The smallest absolute Gasteiger partial charge is 0.222 e. The fraction of sp³-hybridized carbons (Fsp3) is 0.561. The van der Waals surface area contributed by atoms with E-state index >= 15 is 0 Å². The lowest BCUT2D eigenvalue weighted by atomic mass is 9.91. The van der Waals surface area contributed by atoms with Crippen LogP contribution >= 0.6 is 0 Å². The van der Waals surface area contributed by atoms with E-state index in [-0.39, 0.29) is 18.1 Å². The molecule has 266 valence electrons. The van der Waals surface area contributed by atoms with Crippen molar-refractivity contribution in [1.29, 1.82) is 0 Å². The second kappa shape index (κ2) is 18.1. The Morgan fingerprint density at radius 1 is 1.04 bits per heavy atom. The second-order valence-corrected chi connectivity index (χ2v) is 14.2. The van der Waals surface area contributed by atoms with Gasteiger partial charge in [-0.05, 0) is 117 Å². The molecule has 0 aliphatic heterocycles. The number of carbonyl (C=O) groups is 1. The van der Waals surface area contributed by atoms with Gasteiger partial charge in [0.05, 0.1) is 18.8 Å². The molecular weight excluding hydrogens is 614 g/mol. The zero-order valence-electron chi connectivity index (χ0n) is 29.8. The number of benzene rings is 2. The lowest BCUT2D eigenvalue weighted by molar-refractivity contribution is -0.131. The number of nitrogens with zero attached hydrogens (tertiary/aromatic N) is 2. The van der Waals surface area contributed by atoms with Gasteiger partial charge in [-0.2, -0.15) is 0 Å². The number of aryl methyl sites for hydroxylation is 1. The van der Waals surface area contributed by atoms with Gasteiger partial charge < -0.3 is 29.9 Å². The van der Waals surface area contributed by atoms with Crippen LogP contribution in [0.3, 0.4) is 0 Å². The summed E-state index contributed by atoms with van der Waals surface area (Å²) in [5.41, 5.74) is 7.38. The van der Waals surface area contributed by atoms with Gasteiger partial charge in [0.2, 0.25) is 5.91 Å². The molecule has 2 atom stereocenters. The van der Waals surface area contributed by atoms with E-state index < -0.39 is 6.10 Å². The molecule has 3 N–H and O–H groups in total. The van der Waals surface area contributed by atoms with Gasteiger partial charge in [-0.1, -0.05) is 43.3 Å². The van der Waals surface area contributed by atoms with Crippen LogP contribution in [-0.2, 0) is 21.6 Å². The van der Waals surface area contributed by atoms with Crippen LogP contribution in [-0.4, -0.2) is 71.6 Å². The maximum atomic E-state index is 13.2. The molecule has 2 aromatic carbocycles. The SMILES string of the molecule is COCCCN(CCCCC(O)CO)C(=O)CCCC(C)c1ccc(C)c(CNC2(c3cnccc3-c3ccccc3OC3CC3)CC2)c1. The van der Waals surface area contributed by atoms with Crippen LogP contribution in [0.1, 0.15) is 106 Å². The number of aliphatic hydroxyl groups excluding tert-OH is 2. The number of rotatable bonds is 22. The number of hydrogen-bond acceptors (Lipinski definition) is 7. The summed E-state index contributed by atoms with van der Waals surface area (Å²) < 4.78 is 11.5. The molecule has 1 aromatic heterocycles. The largest absolute Gasteiger partial charge is 0.490 e. The van der Waals surface area contributed by atoms with E-state index in [1.165, 1.54) is 27.8 Å². The first-order valence-corrected chi connectivity index (χ1v) is 18.4. The molecule has 0 bridgehead atoms. The van der Waals surface area contributed by atoms with Crippen molar-refractivity contribution >= 4 is 5.91 Å². The second-order valence-electron chi connectivity index (χ2n) is 14.2. The third-order valence-corrected chi connectivity index (χ3v) is 10.2. The molecule has 2 aliphatic carbocycles. The molecule has 8 nitrogen and oxygen atoms in total. The van der Waals surface area contributed by atoms with Gasteiger partial charge in [0.25, 0.3) is 0 Å². The molecule has 5 rings (SSSR count). The van der Waals surface area contributed by atoms with Crippen molar-refractivity contribution in [3.05, 3.63) is 83.2 Å². The minimum absolute atomic E-state index is 0.0987. The van der Waals surface area contributed by atoms with Crippen LogP contribution < -0.4 is 10.1 Å². The number of para-hydroxylation sites is 1. The molecule has 0 radical (unpaired) electrons. The van der Waals surface area contributed by atoms with Crippen LogP contribution in [0.5, 0.6) is 5.75 Å². The van der Waals surface area contributed by atoms with Crippen LogP contribution in [0.4, 0.5) is 0 Å². The highest BCUT2D eigenvalue weighted by molar-refractivity contribution is 5.76. The third kappa shape index (κ3) is 10.6. The summed E-state index contributed by atoms with van der Waals surface area (Å²) in [6.45, 7) is 7.00. The lowest BCUT2D eigenvalue weighted by Gasteiger charge is -2.24.